The van der Waals surface area contributed by atoms with Crippen LogP contribution in [0.1, 0.15) is 29.3 Å². The lowest BCUT2D eigenvalue weighted by atomic mass is 10.0. The van der Waals surface area contributed by atoms with Crippen LogP contribution in [-0.2, 0) is 0 Å². The van der Waals surface area contributed by atoms with Gasteiger partial charge in [-0.1, -0.05) is 11.6 Å². The van der Waals surface area contributed by atoms with Crippen LogP contribution in [0.3, 0.4) is 0 Å². The normalized spacial score (nSPS) is 14.4. The molecule has 1 aliphatic heterocycles. The molecule has 0 amide bonds. The highest BCUT2D eigenvalue weighted by Gasteiger charge is 2.20. The van der Waals surface area contributed by atoms with E-state index in [-0.39, 0.29) is 5.78 Å². The minimum absolute atomic E-state index is 0.0573. The lowest BCUT2D eigenvalue weighted by Gasteiger charge is -2.14. The molecule has 0 fully saturated rings. The van der Waals surface area contributed by atoms with Crippen molar-refractivity contribution in [3.8, 4) is 11.5 Å². The predicted molar refractivity (Wildman–Crippen MR) is 61.8 cm³/mol. The Morgan fingerprint density at radius 1 is 1.38 bits per heavy atom. The Bertz CT molecular complexity index is 440. The molecule has 1 aromatic rings. The summed E-state index contributed by atoms with van der Waals surface area (Å²) in [6.07, 6.45) is 0.834. The van der Waals surface area contributed by atoms with Crippen molar-refractivity contribution in [1.82, 2.24) is 0 Å². The third-order valence-corrected chi connectivity index (χ3v) is 2.88. The Labute approximate surface area is 99.3 Å². The van der Waals surface area contributed by atoms with Gasteiger partial charge in [-0.2, -0.15) is 0 Å². The highest BCUT2D eigenvalue weighted by atomic mass is 35.5. The first-order chi connectivity index (χ1) is 7.61. The average molecular weight is 241 g/mol. The Balaban J connectivity index is 2.60. The zero-order chi connectivity index (χ0) is 11.7. The topological polar surface area (TPSA) is 35.5 Å². The summed E-state index contributed by atoms with van der Waals surface area (Å²) in [4.78, 5) is 11.5. The maximum atomic E-state index is 11.5. The fourth-order valence-corrected chi connectivity index (χ4v) is 2.24. The molecule has 2 rings (SSSR count). The molecular weight excluding hydrogens is 228 g/mol. The third-order valence-electron chi connectivity index (χ3n) is 2.58. The van der Waals surface area contributed by atoms with E-state index in [1.807, 2.05) is 6.92 Å². The van der Waals surface area contributed by atoms with Gasteiger partial charge in [0.25, 0.3) is 0 Å². The van der Waals surface area contributed by atoms with Crippen LogP contribution in [-0.4, -0.2) is 19.0 Å². The fourth-order valence-electron chi connectivity index (χ4n) is 1.86. The number of carbonyl (C=O) groups is 1. The maximum absolute atomic E-state index is 11.5. The van der Waals surface area contributed by atoms with Crippen LogP contribution in [0.4, 0.5) is 0 Å². The molecule has 16 heavy (non-hydrogen) atoms. The molecule has 1 aliphatic rings. The van der Waals surface area contributed by atoms with E-state index in [2.05, 4.69) is 0 Å². The largest absolute Gasteiger partial charge is 0.489 e. The van der Waals surface area contributed by atoms with Gasteiger partial charge in [0.05, 0.1) is 18.2 Å². The molecule has 86 valence electrons. The van der Waals surface area contributed by atoms with E-state index in [9.17, 15) is 4.79 Å². The molecule has 1 aromatic carbocycles. The lowest BCUT2D eigenvalue weighted by Crippen LogP contribution is -2.02. The second-order valence-corrected chi connectivity index (χ2v) is 4.20. The van der Waals surface area contributed by atoms with Crippen LogP contribution >= 0.6 is 11.6 Å². The molecule has 0 aromatic heterocycles. The van der Waals surface area contributed by atoms with E-state index in [0.29, 0.717) is 35.3 Å². The monoisotopic (exact) mass is 240 g/mol. The molecule has 0 unspecified atom stereocenters. The van der Waals surface area contributed by atoms with Crippen LogP contribution in [0.15, 0.2) is 6.07 Å². The number of benzene rings is 1. The minimum Gasteiger partial charge on any atom is -0.489 e. The van der Waals surface area contributed by atoms with Crippen molar-refractivity contribution in [2.45, 2.75) is 20.3 Å². The van der Waals surface area contributed by atoms with Crippen LogP contribution in [0.5, 0.6) is 11.5 Å². The molecule has 4 heteroatoms. The van der Waals surface area contributed by atoms with Gasteiger partial charge < -0.3 is 9.47 Å². The summed E-state index contributed by atoms with van der Waals surface area (Å²) in [5.74, 6) is 1.22. The van der Waals surface area contributed by atoms with Gasteiger partial charge in [-0.25, -0.2) is 0 Å². The van der Waals surface area contributed by atoms with Crippen molar-refractivity contribution in [2.75, 3.05) is 13.2 Å². The predicted octanol–water partition coefficient (Wildman–Crippen LogP) is 3.01. The molecule has 0 atom stereocenters. The van der Waals surface area contributed by atoms with Crippen LogP contribution in [0.2, 0.25) is 5.02 Å². The summed E-state index contributed by atoms with van der Waals surface area (Å²) in [5.41, 5.74) is 1.28. The van der Waals surface area contributed by atoms with E-state index in [4.69, 9.17) is 21.1 Å². The van der Waals surface area contributed by atoms with Gasteiger partial charge in [0.1, 0.15) is 0 Å². The summed E-state index contributed by atoms with van der Waals surface area (Å²) in [6.45, 7) is 4.54. The lowest BCUT2D eigenvalue weighted by molar-refractivity contribution is 0.101. The second-order valence-electron chi connectivity index (χ2n) is 3.79. The van der Waals surface area contributed by atoms with Gasteiger partial charge in [-0.15, -0.1) is 0 Å². The first kappa shape index (κ1) is 11.3. The van der Waals surface area contributed by atoms with Crippen molar-refractivity contribution in [3.63, 3.8) is 0 Å². The molecule has 1 heterocycles. The zero-order valence-corrected chi connectivity index (χ0v) is 10.1. The first-order valence-electron chi connectivity index (χ1n) is 5.21. The van der Waals surface area contributed by atoms with Gasteiger partial charge in [0.15, 0.2) is 17.3 Å². The Morgan fingerprint density at radius 3 is 2.75 bits per heavy atom. The highest BCUT2D eigenvalue weighted by Crippen LogP contribution is 2.39. The fraction of sp³-hybridized carbons (Fsp3) is 0.417. The van der Waals surface area contributed by atoms with Crippen LogP contribution in [0.25, 0.3) is 0 Å². The first-order valence-corrected chi connectivity index (χ1v) is 5.58. The van der Waals surface area contributed by atoms with E-state index in [0.717, 1.165) is 12.0 Å². The van der Waals surface area contributed by atoms with E-state index < -0.39 is 0 Å². The Kier molecular flexibility index (Phi) is 3.06. The highest BCUT2D eigenvalue weighted by molar-refractivity contribution is 6.34. The maximum Gasteiger partial charge on any atom is 0.164 e. The van der Waals surface area contributed by atoms with Gasteiger partial charge in [0, 0.05) is 23.6 Å². The minimum atomic E-state index is -0.0573. The number of carbonyl (C=O) groups excluding carboxylic acids is 1. The summed E-state index contributed by atoms with van der Waals surface area (Å²) >= 11 is 6.06. The number of halogens is 1. The number of ketones is 1. The molecule has 3 nitrogen and oxygen atoms in total. The summed E-state index contributed by atoms with van der Waals surface area (Å²) in [5, 5.41) is 0.425. The molecular formula is C12H13ClO3. The number of hydrogen-bond donors (Lipinski definition) is 0. The van der Waals surface area contributed by atoms with Crippen molar-refractivity contribution < 1.29 is 14.3 Å². The van der Waals surface area contributed by atoms with Crippen molar-refractivity contribution >= 4 is 17.4 Å². The molecule has 0 spiro atoms. The van der Waals surface area contributed by atoms with Gasteiger partial charge >= 0.3 is 0 Å². The van der Waals surface area contributed by atoms with Crippen molar-refractivity contribution in [2.24, 2.45) is 0 Å². The zero-order valence-electron chi connectivity index (χ0n) is 9.30. The molecule has 0 saturated carbocycles. The van der Waals surface area contributed by atoms with E-state index in [1.165, 1.54) is 6.92 Å². The molecule has 0 radical (unpaired) electrons. The number of fused-ring (bicyclic) bond motifs is 1. The van der Waals surface area contributed by atoms with E-state index in [1.54, 1.807) is 6.07 Å². The van der Waals surface area contributed by atoms with Crippen molar-refractivity contribution in [3.05, 3.63) is 22.2 Å². The molecule has 0 saturated heterocycles. The van der Waals surface area contributed by atoms with Crippen LogP contribution < -0.4 is 9.47 Å². The molecule has 0 bridgehead atoms. The van der Waals surface area contributed by atoms with Crippen molar-refractivity contribution in [1.29, 1.82) is 0 Å². The van der Waals surface area contributed by atoms with Crippen LogP contribution in [0, 0.1) is 6.92 Å². The van der Waals surface area contributed by atoms with Gasteiger partial charge in [0.2, 0.25) is 0 Å². The molecule has 0 N–H and O–H groups in total. The van der Waals surface area contributed by atoms with E-state index >= 15 is 0 Å². The number of Topliss-reactive ketones (excluding diaryl/α,β-unsaturated/α-hetero) is 1. The number of ether oxygens (including phenoxy) is 2. The summed E-state index contributed by atoms with van der Waals surface area (Å²) in [7, 11) is 0. The van der Waals surface area contributed by atoms with Gasteiger partial charge in [-0.05, 0) is 13.8 Å². The quantitative estimate of drug-likeness (QED) is 0.708. The Morgan fingerprint density at radius 2 is 2.06 bits per heavy atom. The number of rotatable bonds is 1. The Hall–Kier alpha value is -1.22. The standard InChI is InChI=1S/C12H13ClO3/c1-7-11(8(2)14)9(13)6-10-12(7)16-5-3-4-15-10/h6H,3-5H2,1-2H3. The third kappa shape index (κ3) is 1.87. The SMILES string of the molecule is CC(=O)c1c(Cl)cc2c(c1C)OCCCO2. The summed E-state index contributed by atoms with van der Waals surface area (Å²) in [6, 6.07) is 1.66. The average Bonchev–Trinajstić information content (AvgIpc) is 2.42. The second kappa shape index (κ2) is 4.34. The molecule has 0 aliphatic carbocycles. The van der Waals surface area contributed by atoms with Gasteiger partial charge in [-0.3, -0.25) is 4.79 Å². The smallest absolute Gasteiger partial charge is 0.164 e. The number of hydrogen-bond acceptors (Lipinski definition) is 3. The summed E-state index contributed by atoms with van der Waals surface area (Å²) < 4.78 is 11.1.